The van der Waals surface area contributed by atoms with Gasteiger partial charge in [0.05, 0.1) is 12.6 Å². The Labute approximate surface area is 166 Å². The van der Waals surface area contributed by atoms with Crippen molar-refractivity contribution in [2.45, 2.75) is 38.6 Å². The summed E-state index contributed by atoms with van der Waals surface area (Å²) in [7, 11) is 0. The first-order valence-corrected chi connectivity index (χ1v) is 10.2. The summed E-state index contributed by atoms with van der Waals surface area (Å²) < 4.78 is 17.0. The van der Waals surface area contributed by atoms with Crippen molar-refractivity contribution in [2.24, 2.45) is 0 Å². The molecule has 0 spiro atoms. The maximum absolute atomic E-state index is 13.0. The lowest BCUT2D eigenvalue weighted by molar-refractivity contribution is -0.132. The van der Waals surface area contributed by atoms with E-state index < -0.39 is 0 Å². The van der Waals surface area contributed by atoms with Crippen LogP contribution in [0.15, 0.2) is 42.5 Å². The zero-order chi connectivity index (χ0) is 19.3. The third-order valence-corrected chi connectivity index (χ3v) is 5.40. The van der Waals surface area contributed by atoms with Crippen LogP contribution < -0.4 is 14.2 Å². The molecule has 0 radical (unpaired) electrons. The third-order valence-electron chi connectivity index (χ3n) is 5.40. The molecule has 1 unspecified atom stereocenters. The van der Waals surface area contributed by atoms with Crippen molar-refractivity contribution in [1.29, 1.82) is 0 Å². The van der Waals surface area contributed by atoms with Crippen LogP contribution >= 0.6 is 0 Å². The minimum absolute atomic E-state index is 0.116. The summed E-state index contributed by atoms with van der Waals surface area (Å²) in [5.74, 6) is 2.65. The molecule has 2 aliphatic heterocycles. The van der Waals surface area contributed by atoms with Crippen LogP contribution in [0.1, 0.15) is 43.4 Å². The first-order valence-electron chi connectivity index (χ1n) is 10.2. The van der Waals surface area contributed by atoms with Gasteiger partial charge in [-0.3, -0.25) is 4.79 Å². The Morgan fingerprint density at radius 2 is 1.96 bits per heavy atom. The maximum Gasteiger partial charge on any atom is 0.223 e. The molecule has 1 atom stereocenters. The number of rotatable bonds is 6. The largest absolute Gasteiger partial charge is 0.494 e. The topological polar surface area (TPSA) is 48.0 Å². The van der Waals surface area contributed by atoms with Crippen molar-refractivity contribution in [1.82, 2.24) is 4.90 Å². The summed E-state index contributed by atoms with van der Waals surface area (Å²) in [4.78, 5) is 15.0. The number of carbonyl (C=O) groups excluding carboxylic acids is 1. The number of carbonyl (C=O) groups is 1. The second-order valence-electron chi connectivity index (χ2n) is 7.19. The number of fused-ring (bicyclic) bond motifs is 1. The highest BCUT2D eigenvalue weighted by molar-refractivity contribution is 5.77. The number of nitrogens with zero attached hydrogens (tertiary/aromatic N) is 1. The van der Waals surface area contributed by atoms with Crippen LogP contribution in [0.25, 0.3) is 0 Å². The van der Waals surface area contributed by atoms with Crippen molar-refractivity contribution in [2.75, 3.05) is 26.4 Å². The smallest absolute Gasteiger partial charge is 0.223 e. The van der Waals surface area contributed by atoms with Crippen LogP contribution in [0.3, 0.4) is 0 Å². The molecule has 2 heterocycles. The SMILES string of the molecule is CCOc1ccccc1CCC(=O)N1CCCC1c1ccc2c(c1)OCCO2. The van der Waals surface area contributed by atoms with Crippen molar-refractivity contribution in [3.8, 4) is 17.2 Å². The lowest BCUT2D eigenvalue weighted by atomic mass is 10.0. The normalized spacial score (nSPS) is 18.2. The van der Waals surface area contributed by atoms with Crippen molar-refractivity contribution in [3.63, 3.8) is 0 Å². The van der Waals surface area contributed by atoms with E-state index in [2.05, 4.69) is 6.07 Å². The highest BCUT2D eigenvalue weighted by atomic mass is 16.6. The van der Waals surface area contributed by atoms with Crippen LogP contribution in [0, 0.1) is 0 Å². The molecule has 148 valence electrons. The van der Waals surface area contributed by atoms with Gasteiger partial charge in [-0.25, -0.2) is 0 Å². The Balaban J connectivity index is 1.44. The summed E-state index contributed by atoms with van der Waals surface area (Å²) >= 11 is 0. The molecule has 0 aromatic heterocycles. The quantitative estimate of drug-likeness (QED) is 0.754. The first kappa shape index (κ1) is 18.7. The monoisotopic (exact) mass is 381 g/mol. The highest BCUT2D eigenvalue weighted by Gasteiger charge is 2.30. The molecule has 0 bridgehead atoms. The van der Waals surface area contributed by atoms with E-state index in [0.717, 1.165) is 47.8 Å². The van der Waals surface area contributed by atoms with E-state index in [0.29, 0.717) is 32.7 Å². The summed E-state index contributed by atoms with van der Waals surface area (Å²) in [6, 6.07) is 14.2. The molecule has 1 amide bonds. The van der Waals surface area contributed by atoms with E-state index >= 15 is 0 Å². The van der Waals surface area contributed by atoms with E-state index in [1.54, 1.807) is 0 Å². The number of likely N-dealkylation sites (tertiary alicyclic amines) is 1. The maximum atomic E-state index is 13.0. The minimum atomic E-state index is 0.116. The molecule has 2 aromatic rings. The second kappa shape index (κ2) is 8.55. The molecule has 28 heavy (non-hydrogen) atoms. The fourth-order valence-electron chi connectivity index (χ4n) is 4.07. The summed E-state index contributed by atoms with van der Waals surface area (Å²) in [5, 5.41) is 0. The Morgan fingerprint density at radius 3 is 2.82 bits per heavy atom. The summed E-state index contributed by atoms with van der Waals surface area (Å²) in [5.41, 5.74) is 2.22. The van der Waals surface area contributed by atoms with E-state index in [1.807, 2.05) is 48.2 Å². The van der Waals surface area contributed by atoms with Gasteiger partial charge in [-0.15, -0.1) is 0 Å². The minimum Gasteiger partial charge on any atom is -0.494 e. The van der Waals surface area contributed by atoms with E-state index in [-0.39, 0.29) is 11.9 Å². The van der Waals surface area contributed by atoms with Gasteiger partial charge in [0.1, 0.15) is 19.0 Å². The Morgan fingerprint density at radius 1 is 1.14 bits per heavy atom. The molecule has 0 saturated carbocycles. The van der Waals surface area contributed by atoms with Gasteiger partial charge in [0, 0.05) is 13.0 Å². The number of para-hydroxylation sites is 1. The van der Waals surface area contributed by atoms with E-state index in [9.17, 15) is 4.79 Å². The molecular formula is C23H27NO4. The van der Waals surface area contributed by atoms with Gasteiger partial charge in [0.2, 0.25) is 5.91 Å². The van der Waals surface area contributed by atoms with Gasteiger partial charge >= 0.3 is 0 Å². The second-order valence-corrected chi connectivity index (χ2v) is 7.19. The van der Waals surface area contributed by atoms with E-state index in [4.69, 9.17) is 14.2 Å². The van der Waals surface area contributed by atoms with Gasteiger partial charge in [0.25, 0.3) is 0 Å². The van der Waals surface area contributed by atoms with Gasteiger partial charge in [-0.05, 0) is 55.5 Å². The molecule has 2 aliphatic rings. The van der Waals surface area contributed by atoms with Gasteiger partial charge in [-0.2, -0.15) is 0 Å². The molecule has 1 saturated heterocycles. The fourth-order valence-corrected chi connectivity index (χ4v) is 4.07. The van der Waals surface area contributed by atoms with Gasteiger partial charge in [0.15, 0.2) is 11.5 Å². The Bertz CT molecular complexity index is 835. The predicted octanol–water partition coefficient (Wildman–Crippen LogP) is 4.15. The summed E-state index contributed by atoms with van der Waals surface area (Å²) in [6.45, 7) is 4.57. The molecule has 2 aromatic carbocycles. The number of amides is 1. The Kier molecular flexibility index (Phi) is 5.70. The van der Waals surface area contributed by atoms with E-state index in [1.165, 1.54) is 0 Å². The average molecular weight is 381 g/mol. The fraction of sp³-hybridized carbons (Fsp3) is 0.435. The molecular weight excluding hydrogens is 354 g/mol. The number of aryl methyl sites for hydroxylation is 1. The molecule has 5 nitrogen and oxygen atoms in total. The van der Waals surface area contributed by atoms with Crippen LogP contribution in [-0.2, 0) is 11.2 Å². The number of benzene rings is 2. The van der Waals surface area contributed by atoms with Crippen LogP contribution in [0.4, 0.5) is 0 Å². The predicted molar refractivity (Wildman–Crippen MR) is 107 cm³/mol. The van der Waals surface area contributed by atoms with Crippen LogP contribution in [-0.4, -0.2) is 37.2 Å². The molecule has 0 N–H and O–H groups in total. The molecule has 5 heteroatoms. The lowest BCUT2D eigenvalue weighted by Gasteiger charge is -2.27. The molecule has 1 fully saturated rings. The molecule has 4 rings (SSSR count). The van der Waals surface area contributed by atoms with Crippen molar-refractivity contribution >= 4 is 5.91 Å². The van der Waals surface area contributed by atoms with Crippen LogP contribution in [0.5, 0.6) is 17.2 Å². The van der Waals surface area contributed by atoms with Gasteiger partial charge < -0.3 is 19.1 Å². The standard InChI is InChI=1S/C23H27NO4/c1-2-26-20-8-4-3-6-17(20)10-12-23(25)24-13-5-7-19(24)18-9-11-21-22(16-18)28-15-14-27-21/h3-4,6,8-9,11,16,19H,2,5,7,10,12-15H2,1H3. The third kappa shape index (κ3) is 3.93. The highest BCUT2D eigenvalue weighted by Crippen LogP contribution is 2.38. The number of hydrogen-bond donors (Lipinski definition) is 0. The Hall–Kier alpha value is -2.69. The van der Waals surface area contributed by atoms with Crippen molar-refractivity contribution in [3.05, 3.63) is 53.6 Å². The zero-order valence-electron chi connectivity index (χ0n) is 16.4. The lowest BCUT2D eigenvalue weighted by Crippen LogP contribution is -2.30. The van der Waals surface area contributed by atoms with Gasteiger partial charge in [-0.1, -0.05) is 24.3 Å². The van der Waals surface area contributed by atoms with Crippen LogP contribution in [0.2, 0.25) is 0 Å². The first-order chi connectivity index (χ1) is 13.8. The number of ether oxygens (including phenoxy) is 3. The number of hydrogen-bond acceptors (Lipinski definition) is 4. The zero-order valence-corrected chi connectivity index (χ0v) is 16.4. The average Bonchev–Trinajstić information content (AvgIpc) is 3.23. The summed E-state index contributed by atoms with van der Waals surface area (Å²) in [6.07, 6.45) is 3.20. The van der Waals surface area contributed by atoms with Crippen molar-refractivity contribution < 1.29 is 19.0 Å². The molecule has 0 aliphatic carbocycles.